The second-order valence-corrected chi connectivity index (χ2v) is 4.04. The lowest BCUT2D eigenvalue weighted by molar-refractivity contribution is -0.115. The summed E-state index contributed by atoms with van der Waals surface area (Å²) in [5, 5.41) is 5.89. The molecule has 17 heavy (non-hydrogen) atoms. The fourth-order valence-electron chi connectivity index (χ4n) is 1.44. The minimum Gasteiger partial charge on any atom is -0.383 e. The number of hydrogen-bond acceptors (Lipinski definition) is 3. The van der Waals surface area contributed by atoms with Crippen molar-refractivity contribution in [3.8, 4) is 0 Å². The highest BCUT2D eigenvalue weighted by atomic mass is 16.5. The van der Waals surface area contributed by atoms with Gasteiger partial charge in [0.2, 0.25) is 5.91 Å². The van der Waals surface area contributed by atoms with Gasteiger partial charge < -0.3 is 15.4 Å². The van der Waals surface area contributed by atoms with Crippen LogP contribution in [0.3, 0.4) is 0 Å². The molecule has 0 atom stereocenters. The van der Waals surface area contributed by atoms with E-state index in [1.165, 1.54) is 0 Å². The lowest BCUT2D eigenvalue weighted by atomic mass is 10.1. The van der Waals surface area contributed by atoms with Gasteiger partial charge in [-0.25, -0.2) is 0 Å². The van der Waals surface area contributed by atoms with Gasteiger partial charge in [0.15, 0.2) is 0 Å². The number of ether oxygens (including phenoxy) is 1. The second kappa shape index (κ2) is 7.04. The molecule has 0 bridgehead atoms. The quantitative estimate of drug-likeness (QED) is 0.736. The van der Waals surface area contributed by atoms with Crippen molar-refractivity contribution in [2.45, 2.75) is 13.8 Å². The van der Waals surface area contributed by atoms with Crippen LogP contribution in [-0.4, -0.2) is 32.7 Å². The molecule has 1 amide bonds. The summed E-state index contributed by atoms with van der Waals surface area (Å²) in [7, 11) is 1.64. The lowest BCUT2D eigenvalue weighted by Crippen LogP contribution is -2.30. The fraction of sp³-hybridized carbons (Fsp3) is 0.462. The number of rotatable bonds is 6. The number of methoxy groups -OCH3 is 1. The van der Waals surface area contributed by atoms with Crippen LogP contribution in [0.1, 0.15) is 11.1 Å². The molecule has 1 rings (SSSR count). The maximum atomic E-state index is 11.6. The van der Waals surface area contributed by atoms with Gasteiger partial charge in [0, 0.05) is 19.3 Å². The Morgan fingerprint density at radius 3 is 2.82 bits per heavy atom. The van der Waals surface area contributed by atoms with Crippen LogP contribution in [0, 0.1) is 13.8 Å². The zero-order valence-corrected chi connectivity index (χ0v) is 10.7. The summed E-state index contributed by atoms with van der Waals surface area (Å²) in [5.74, 6) is -0.0326. The number of amides is 1. The molecule has 4 heteroatoms. The largest absolute Gasteiger partial charge is 0.383 e. The molecule has 0 unspecified atom stereocenters. The van der Waals surface area contributed by atoms with Crippen LogP contribution < -0.4 is 10.6 Å². The third kappa shape index (κ3) is 4.97. The number of carbonyl (C=O) groups is 1. The number of aryl methyl sites for hydroxylation is 2. The predicted molar refractivity (Wildman–Crippen MR) is 69.3 cm³/mol. The molecule has 1 aromatic rings. The Kier molecular flexibility index (Phi) is 5.66. The van der Waals surface area contributed by atoms with Crippen molar-refractivity contribution >= 4 is 11.6 Å². The van der Waals surface area contributed by atoms with Crippen molar-refractivity contribution in [3.63, 3.8) is 0 Å². The standard InChI is InChI=1S/C13H20N2O2/c1-10-4-5-11(2)12(8-10)15-13(16)9-14-6-7-17-3/h4-5,8,14H,6-7,9H2,1-3H3,(H,15,16). The molecule has 0 aliphatic carbocycles. The van der Waals surface area contributed by atoms with E-state index in [0.29, 0.717) is 19.7 Å². The molecule has 0 aliphatic heterocycles. The highest BCUT2D eigenvalue weighted by Gasteiger charge is 2.04. The smallest absolute Gasteiger partial charge is 0.238 e. The predicted octanol–water partition coefficient (Wildman–Crippen LogP) is 1.48. The molecule has 0 spiro atoms. The van der Waals surface area contributed by atoms with Gasteiger partial charge in [0.05, 0.1) is 13.2 Å². The highest BCUT2D eigenvalue weighted by molar-refractivity contribution is 5.93. The SMILES string of the molecule is COCCNCC(=O)Nc1cc(C)ccc1C. The molecular weight excluding hydrogens is 216 g/mol. The van der Waals surface area contributed by atoms with Gasteiger partial charge in [-0.2, -0.15) is 0 Å². The van der Waals surface area contributed by atoms with Crippen molar-refractivity contribution in [2.24, 2.45) is 0 Å². The van der Waals surface area contributed by atoms with Gasteiger partial charge in [0.25, 0.3) is 0 Å². The lowest BCUT2D eigenvalue weighted by Gasteiger charge is -2.09. The van der Waals surface area contributed by atoms with Gasteiger partial charge in [-0.1, -0.05) is 12.1 Å². The summed E-state index contributed by atoms with van der Waals surface area (Å²) in [4.78, 5) is 11.6. The first-order chi connectivity index (χ1) is 8.13. The molecular formula is C13H20N2O2. The normalized spacial score (nSPS) is 10.3. The first-order valence-electron chi connectivity index (χ1n) is 5.70. The molecule has 0 aromatic heterocycles. The van der Waals surface area contributed by atoms with Gasteiger partial charge in [0.1, 0.15) is 0 Å². The van der Waals surface area contributed by atoms with Crippen LogP contribution in [-0.2, 0) is 9.53 Å². The van der Waals surface area contributed by atoms with E-state index in [1.54, 1.807) is 7.11 Å². The van der Waals surface area contributed by atoms with E-state index in [4.69, 9.17) is 4.74 Å². The molecule has 0 radical (unpaired) electrons. The molecule has 0 fully saturated rings. The number of benzene rings is 1. The van der Waals surface area contributed by atoms with E-state index in [1.807, 2.05) is 32.0 Å². The topological polar surface area (TPSA) is 50.4 Å². The van der Waals surface area contributed by atoms with E-state index >= 15 is 0 Å². The highest BCUT2D eigenvalue weighted by Crippen LogP contribution is 2.15. The van der Waals surface area contributed by atoms with E-state index in [2.05, 4.69) is 10.6 Å². The van der Waals surface area contributed by atoms with Crippen molar-refractivity contribution < 1.29 is 9.53 Å². The van der Waals surface area contributed by atoms with Crippen LogP contribution in [0.15, 0.2) is 18.2 Å². The average Bonchev–Trinajstić information content (AvgIpc) is 2.29. The van der Waals surface area contributed by atoms with Crippen LogP contribution in [0.25, 0.3) is 0 Å². The fourth-order valence-corrected chi connectivity index (χ4v) is 1.44. The van der Waals surface area contributed by atoms with E-state index < -0.39 is 0 Å². The monoisotopic (exact) mass is 236 g/mol. The Bertz CT molecular complexity index is 378. The van der Waals surface area contributed by atoms with Crippen LogP contribution >= 0.6 is 0 Å². The van der Waals surface area contributed by atoms with E-state index in [0.717, 1.165) is 16.8 Å². The van der Waals surface area contributed by atoms with Crippen LogP contribution in [0.2, 0.25) is 0 Å². The number of nitrogens with one attached hydrogen (secondary N) is 2. The summed E-state index contributed by atoms with van der Waals surface area (Å²) in [6.07, 6.45) is 0. The molecule has 1 aromatic carbocycles. The van der Waals surface area contributed by atoms with E-state index in [9.17, 15) is 4.79 Å². The molecule has 2 N–H and O–H groups in total. The zero-order valence-electron chi connectivity index (χ0n) is 10.7. The maximum Gasteiger partial charge on any atom is 0.238 e. The Morgan fingerprint density at radius 1 is 1.35 bits per heavy atom. The Hall–Kier alpha value is -1.39. The Labute approximate surface area is 102 Å². The first-order valence-corrected chi connectivity index (χ1v) is 5.70. The Morgan fingerprint density at radius 2 is 2.12 bits per heavy atom. The summed E-state index contributed by atoms with van der Waals surface area (Å²) in [6, 6.07) is 6.01. The van der Waals surface area contributed by atoms with Gasteiger partial charge in [-0.15, -0.1) is 0 Å². The molecule has 94 valence electrons. The van der Waals surface area contributed by atoms with Crippen molar-refractivity contribution in [1.82, 2.24) is 5.32 Å². The zero-order chi connectivity index (χ0) is 12.7. The third-order valence-corrected chi connectivity index (χ3v) is 2.44. The van der Waals surface area contributed by atoms with Crippen LogP contribution in [0.4, 0.5) is 5.69 Å². The van der Waals surface area contributed by atoms with Crippen molar-refractivity contribution in [3.05, 3.63) is 29.3 Å². The molecule has 0 aliphatic rings. The second-order valence-electron chi connectivity index (χ2n) is 4.04. The van der Waals surface area contributed by atoms with Crippen molar-refractivity contribution in [1.29, 1.82) is 0 Å². The van der Waals surface area contributed by atoms with Crippen molar-refractivity contribution in [2.75, 3.05) is 32.1 Å². The molecule has 0 heterocycles. The van der Waals surface area contributed by atoms with Gasteiger partial charge >= 0.3 is 0 Å². The number of anilines is 1. The number of hydrogen-bond donors (Lipinski definition) is 2. The minimum absolute atomic E-state index is 0.0326. The maximum absolute atomic E-state index is 11.6. The molecule has 0 saturated heterocycles. The van der Waals surface area contributed by atoms with Crippen LogP contribution in [0.5, 0.6) is 0 Å². The Balaban J connectivity index is 2.42. The summed E-state index contributed by atoms with van der Waals surface area (Å²) in [5.41, 5.74) is 3.09. The molecule has 0 saturated carbocycles. The van der Waals surface area contributed by atoms with Gasteiger partial charge in [-0.05, 0) is 31.0 Å². The van der Waals surface area contributed by atoms with Gasteiger partial charge in [-0.3, -0.25) is 4.79 Å². The minimum atomic E-state index is -0.0326. The molecule has 4 nitrogen and oxygen atoms in total. The number of carbonyl (C=O) groups excluding carboxylic acids is 1. The summed E-state index contributed by atoms with van der Waals surface area (Å²) < 4.78 is 4.88. The summed E-state index contributed by atoms with van der Waals surface area (Å²) >= 11 is 0. The average molecular weight is 236 g/mol. The first kappa shape index (κ1) is 13.7. The summed E-state index contributed by atoms with van der Waals surface area (Å²) in [6.45, 7) is 5.57. The third-order valence-electron chi connectivity index (χ3n) is 2.44. The van der Waals surface area contributed by atoms with E-state index in [-0.39, 0.29) is 5.91 Å².